The summed E-state index contributed by atoms with van der Waals surface area (Å²) < 4.78 is 0. The van der Waals surface area contributed by atoms with Gasteiger partial charge in [0, 0.05) is 56.8 Å². The second-order valence-corrected chi connectivity index (χ2v) is 9.60. The van der Waals surface area contributed by atoms with E-state index in [0.717, 1.165) is 69.5 Å². The number of amides is 3. The van der Waals surface area contributed by atoms with Crippen LogP contribution in [0.5, 0.6) is 0 Å². The largest absolute Gasteiger partial charge is 0.374 e. The van der Waals surface area contributed by atoms with Gasteiger partial charge in [-0.3, -0.25) is 19.7 Å². The molecule has 1 atom stereocenters. The predicted molar refractivity (Wildman–Crippen MR) is 137 cm³/mol. The third kappa shape index (κ3) is 9.00. The summed E-state index contributed by atoms with van der Waals surface area (Å²) >= 11 is 0. The summed E-state index contributed by atoms with van der Waals surface area (Å²) in [6.07, 6.45) is 12.3. The molecule has 1 unspecified atom stereocenters. The lowest BCUT2D eigenvalue weighted by atomic mass is 10.1. The molecule has 2 aliphatic rings. The first-order chi connectivity index (χ1) is 17.1. The second kappa shape index (κ2) is 14.5. The van der Waals surface area contributed by atoms with Crippen molar-refractivity contribution in [3.63, 3.8) is 0 Å². The fourth-order valence-corrected chi connectivity index (χ4v) is 4.74. The third-order valence-corrected chi connectivity index (χ3v) is 6.91. The Labute approximate surface area is 208 Å². The Hall–Kier alpha value is -2.90. The molecule has 3 rings (SSSR count). The summed E-state index contributed by atoms with van der Waals surface area (Å²) in [4.78, 5) is 50.4. The van der Waals surface area contributed by atoms with Gasteiger partial charge in [0.15, 0.2) is 0 Å². The van der Waals surface area contributed by atoms with Crippen molar-refractivity contribution < 1.29 is 19.2 Å². The summed E-state index contributed by atoms with van der Waals surface area (Å²) in [6.45, 7) is 3.12. The molecular formula is C27H40N4O4. The summed E-state index contributed by atoms with van der Waals surface area (Å²) in [5, 5.41) is 5.57. The SMILES string of the molecule is O=CCCCCCCCCCCC(=O)N1CCN(c2ccc(NC3CCC(=O)NC3=O)cc2)CC1. The Morgan fingerprint density at radius 1 is 0.914 bits per heavy atom. The van der Waals surface area contributed by atoms with Gasteiger partial charge in [-0.1, -0.05) is 38.5 Å². The van der Waals surface area contributed by atoms with Gasteiger partial charge in [0.25, 0.3) is 0 Å². The molecule has 0 aromatic heterocycles. The highest BCUT2D eigenvalue weighted by molar-refractivity contribution is 6.01. The van der Waals surface area contributed by atoms with E-state index >= 15 is 0 Å². The maximum atomic E-state index is 12.6. The lowest BCUT2D eigenvalue weighted by Crippen LogP contribution is -2.48. The van der Waals surface area contributed by atoms with Crippen LogP contribution >= 0.6 is 0 Å². The Morgan fingerprint density at radius 2 is 1.54 bits per heavy atom. The van der Waals surface area contributed by atoms with Gasteiger partial charge in [0.1, 0.15) is 12.3 Å². The molecule has 0 aliphatic carbocycles. The van der Waals surface area contributed by atoms with Crippen LogP contribution in [0.15, 0.2) is 24.3 Å². The molecule has 0 radical (unpaired) electrons. The first-order valence-corrected chi connectivity index (χ1v) is 13.2. The molecule has 0 spiro atoms. The zero-order valence-corrected chi connectivity index (χ0v) is 20.8. The molecule has 35 heavy (non-hydrogen) atoms. The number of carbonyl (C=O) groups is 4. The van der Waals surface area contributed by atoms with E-state index < -0.39 is 0 Å². The van der Waals surface area contributed by atoms with Gasteiger partial charge in [-0.2, -0.15) is 0 Å². The summed E-state index contributed by atoms with van der Waals surface area (Å²) in [7, 11) is 0. The first kappa shape index (κ1) is 26.7. The summed E-state index contributed by atoms with van der Waals surface area (Å²) in [6, 6.07) is 7.61. The lowest BCUT2D eigenvalue weighted by Gasteiger charge is -2.36. The molecule has 0 bridgehead atoms. The van der Waals surface area contributed by atoms with Crippen LogP contribution in [0.2, 0.25) is 0 Å². The molecule has 1 aromatic carbocycles. The second-order valence-electron chi connectivity index (χ2n) is 9.60. The Balaban J connectivity index is 1.28. The number of hydrogen-bond donors (Lipinski definition) is 2. The van der Waals surface area contributed by atoms with Crippen molar-refractivity contribution in [1.82, 2.24) is 10.2 Å². The molecule has 8 nitrogen and oxygen atoms in total. The number of carbonyl (C=O) groups excluding carboxylic acids is 4. The molecule has 2 N–H and O–H groups in total. The molecule has 2 aliphatic heterocycles. The number of imide groups is 1. The van der Waals surface area contributed by atoms with Crippen LogP contribution in [-0.4, -0.2) is 61.1 Å². The number of hydrogen-bond acceptors (Lipinski definition) is 6. The van der Waals surface area contributed by atoms with Gasteiger partial charge in [-0.15, -0.1) is 0 Å². The molecule has 1 aromatic rings. The zero-order valence-electron chi connectivity index (χ0n) is 20.8. The quantitative estimate of drug-likeness (QED) is 0.238. The number of anilines is 2. The van der Waals surface area contributed by atoms with E-state index in [4.69, 9.17) is 0 Å². The van der Waals surface area contributed by atoms with Crippen molar-refractivity contribution in [3.05, 3.63) is 24.3 Å². The van der Waals surface area contributed by atoms with Crippen molar-refractivity contribution in [2.75, 3.05) is 36.4 Å². The van der Waals surface area contributed by atoms with E-state index in [9.17, 15) is 19.2 Å². The van der Waals surface area contributed by atoms with Crippen LogP contribution in [-0.2, 0) is 19.2 Å². The van der Waals surface area contributed by atoms with Crippen molar-refractivity contribution in [1.29, 1.82) is 0 Å². The highest BCUT2D eigenvalue weighted by atomic mass is 16.2. The summed E-state index contributed by atoms with van der Waals surface area (Å²) in [5.74, 6) is -0.216. The number of rotatable bonds is 14. The highest BCUT2D eigenvalue weighted by Gasteiger charge is 2.26. The van der Waals surface area contributed by atoms with E-state index in [2.05, 4.69) is 15.5 Å². The van der Waals surface area contributed by atoms with Crippen LogP contribution in [0, 0.1) is 0 Å². The number of piperidine rings is 1. The smallest absolute Gasteiger partial charge is 0.249 e. The molecular weight excluding hydrogens is 444 g/mol. The van der Waals surface area contributed by atoms with Crippen molar-refractivity contribution in [2.24, 2.45) is 0 Å². The van der Waals surface area contributed by atoms with E-state index in [0.29, 0.717) is 25.7 Å². The maximum Gasteiger partial charge on any atom is 0.249 e. The maximum absolute atomic E-state index is 12.6. The first-order valence-electron chi connectivity index (χ1n) is 13.2. The van der Waals surface area contributed by atoms with Gasteiger partial charge in [0.2, 0.25) is 17.7 Å². The number of aldehydes is 1. The molecule has 2 saturated heterocycles. The number of piperazine rings is 1. The van der Waals surface area contributed by atoms with Crippen molar-refractivity contribution in [2.45, 2.75) is 83.1 Å². The van der Waals surface area contributed by atoms with Gasteiger partial charge in [-0.05, 0) is 43.5 Å². The number of benzene rings is 1. The average molecular weight is 485 g/mol. The zero-order chi connectivity index (χ0) is 24.9. The standard InChI is InChI=1S/C27H40N4O4/c32-21-9-7-5-3-1-2-4-6-8-10-26(34)31-19-17-30(18-20-31)23-13-11-22(12-14-23)28-24-15-16-25(33)29-27(24)35/h11-14,21,24,28H,1-10,15-20H2,(H,29,33,35). The minimum atomic E-state index is -0.382. The fraction of sp³-hybridized carbons (Fsp3) is 0.630. The normalized spacial score (nSPS) is 18.3. The molecule has 192 valence electrons. The highest BCUT2D eigenvalue weighted by Crippen LogP contribution is 2.21. The van der Waals surface area contributed by atoms with Crippen LogP contribution < -0.4 is 15.5 Å². The third-order valence-electron chi connectivity index (χ3n) is 6.91. The van der Waals surface area contributed by atoms with Gasteiger partial charge >= 0.3 is 0 Å². The average Bonchev–Trinajstić information content (AvgIpc) is 2.87. The van der Waals surface area contributed by atoms with E-state index in [1.54, 1.807) is 0 Å². The Morgan fingerprint density at radius 3 is 2.17 bits per heavy atom. The van der Waals surface area contributed by atoms with Crippen LogP contribution in [0.25, 0.3) is 0 Å². The molecule has 8 heteroatoms. The molecule has 3 amide bonds. The van der Waals surface area contributed by atoms with Crippen molar-refractivity contribution >= 4 is 35.4 Å². The number of nitrogens with zero attached hydrogens (tertiary/aromatic N) is 2. The Bertz CT molecular complexity index is 834. The topological polar surface area (TPSA) is 98.8 Å². The van der Waals surface area contributed by atoms with Crippen LogP contribution in [0.3, 0.4) is 0 Å². The molecule has 0 saturated carbocycles. The van der Waals surface area contributed by atoms with E-state index in [1.165, 1.54) is 25.7 Å². The van der Waals surface area contributed by atoms with Gasteiger partial charge in [0.05, 0.1) is 0 Å². The molecule has 2 heterocycles. The van der Waals surface area contributed by atoms with Crippen LogP contribution in [0.1, 0.15) is 77.0 Å². The monoisotopic (exact) mass is 484 g/mol. The minimum Gasteiger partial charge on any atom is -0.374 e. The predicted octanol–water partition coefficient (Wildman–Crippen LogP) is 3.65. The van der Waals surface area contributed by atoms with Gasteiger partial charge < -0.3 is 19.9 Å². The fourth-order valence-electron chi connectivity index (χ4n) is 4.74. The molecule has 2 fully saturated rings. The minimum absolute atomic E-state index is 0.212. The lowest BCUT2D eigenvalue weighted by molar-refractivity contribution is -0.134. The number of unbranched alkanes of at least 4 members (excludes halogenated alkanes) is 8. The van der Waals surface area contributed by atoms with E-state index in [-0.39, 0.29) is 23.8 Å². The van der Waals surface area contributed by atoms with Crippen LogP contribution in [0.4, 0.5) is 11.4 Å². The Kier molecular flexibility index (Phi) is 11.1. The van der Waals surface area contributed by atoms with Gasteiger partial charge in [-0.25, -0.2) is 0 Å². The van der Waals surface area contributed by atoms with Crippen molar-refractivity contribution in [3.8, 4) is 0 Å². The van der Waals surface area contributed by atoms with E-state index in [1.807, 2.05) is 29.2 Å². The number of nitrogens with one attached hydrogen (secondary N) is 2. The summed E-state index contributed by atoms with van der Waals surface area (Å²) in [5.41, 5.74) is 1.96.